The number of nitrogens with one attached hydrogen (secondary N) is 1. The van der Waals surface area contributed by atoms with Crippen molar-refractivity contribution in [2.24, 2.45) is 5.92 Å². The quantitative estimate of drug-likeness (QED) is 0.759. The molecule has 30 heavy (non-hydrogen) atoms. The average molecular weight is 410 g/mol. The van der Waals surface area contributed by atoms with E-state index in [4.69, 9.17) is 4.74 Å². The fraction of sp³-hybridized carbons (Fsp3) is 0.417. The third-order valence-electron chi connectivity index (χ3n) is 5.79. The number of carbonyl (C=O) groups excluding carboxylic acids is 2. The molecule has 2 aromatic carbocycles. The lowest BCUT2D eigenvalue weighted by atomic mass is 9.97. The number of halogens is 1. The maximum Gasteiger partial charge on any atom is 0.255 e. The number of hydrogen-bond donors (Lipinski definition) is 1. The summed E-state index contributed by atoms with van der Waals surface area (Å²) in [4.78, 5) is 26.7. The van der Waals surface area contributed by atoms with E-state index in [9.17, 15) is 14.0 Å². The number of benzene rings is 2. The molecule has 2 amide bonds. The Morgan fingerprint density at radius 3 is 2.43 bits per heavy atom. The highest BCUT2D eigenvalue weighted by Gasteiger charge is 2.26. The molecular formula is C24H27FN2O3. The Labute approximate surface area is 176 Å². The summed E-state index contributed by atoms with van der Waals surface area (Å²) in [6, 6.07) is 14.0. The second kappa shape index (κ2) is 9.28. The summed E-state index contributed by atoms with van der Waals surface area (Å²) in [5.41, 5.74) is 1.01. The number of hydrogen-bond acceptors (Lipinski definition) is 3. The van der Waals surface area contributed by atoms with Gasteiger partial charge in [-0.15, -0.1) is 0 Å². The number of ether oxygens (including phenoxy) is 1. The molecule has 0 bridgehead atoms. The van der Waals surface area contributed by atoms with Gasteiger partial charge in [0.1, 0.15) is 11.6 Å². The molecule has 1 saturated carbocycles. The van der Waals surface area contributed by atoms with Crippen molar-refractivity contribution in [1.29, 1.82) is 0 Å². The van der Waals surface area contributed by atoms with E-state index in [0.717, 1.165) is 25.7 Å². The number of nitrogens with zero attached hydrogens (tertiary/aromatic N) is 1. The van der Waals surface area contributed by atoms with Crippen LogP contribution in [0.4, 0.5) is 4.39 Å². The summed E-state index contributed by atoms with van der Waals surface area (Å²) in [6.07, 6.45) is 3.85. The van der Waals surface area contributed by atoms with Gasteiger partial charge in [-0.25, -0.2) is 4.39 Å². The third-order valence-corrected chi connectivity index (χ3v) is 5.79. The van der Waals surface area contributed by atoms with E-state index in [2.05, 4.69) is 5.32 Å². The third kappa shape index (κ3) is 5.17. The Morgan fingerprint density at radius 2 is 1.70 bits per heavy atom. The predicted molar refractivity (Wildman–Crippen MR) is 112 cm³/mol. The van der Waals surface area contributed by atoms with Crippen molar-refractivity contribution >= 4 is 11.8 Å². The Morgan fingerprint density at radius 1 is 1.00 bits per heavy atom. The van der Waals surface area contributed by atoms with Crippen molar-refractivity contribution in [2.75, 3.05) is 19.7 Å². The summed E-state index contributed by atoms with van der Waals surface area (Å²) in [7, 11) is 0. The van der Waals surface area contributed by atoms with Gasteiger partial charge in [0.25, 0.3) is 5.91 Å². The normalized spacial score (nSPS) is 16.9. The number of para-hydroxylation sites is 1. The monoisotopic (exact) mass is 410 g/mol. The smallest absolute Gasteiger partial charge is 0.255 e. The van der Waals surface area contributed by atoms with E-state index >= 15 is 0 Å². The number of piperidine rings is 1. The molecule has 1 aliphatic heterocycles. The molecule has 158 valence electrons. The highest BCUT2D eigenvalue weighted by molar-refractivity contribution is 5.97. The fourth-order valence-electron chi connectivity index (χ4n) is 3.74. The molecule has 1 heterocycles. The van der Waals surface area contributed by atoms with Crippen LogP contribution in [-0.2, 0) is 11.2 Å². The first kappa shape index (κ1) is 20.4. The highest BCUT2D eigenvalue weighted by Crippen LogP contribution is 2.25. The van der Waals surface area contributed by atoms with Crippen LogP contribution in [0.5, 0.6) is 5.75 Å². The minimum Gasteiger partial charge on any atom is -0.492 e. The minimum atomic E-state index is -0.335. The Balaban J connectivity index is 1.26. The minimum absolute atomic E-state index is 0.0402. The van der Waals surface area contributed by atoms with Crippen molar-refractivity contribution < 1.29 is 18.7 Å². The van der Waals surface area contributed by atoms with Gasteiger partial charge in [-0.3, -0.25) is 9.59 Å². The molecule has 0 unspecified atom stereocenters. The molecule has 2 fully saturated rings. The summed E-state index contributed by atoms with van der Waals surface area (Å²) < 4.78 is 19.8. The zero-order chi connectivity index (χ0) is 20.9. The van der Waals surface area contributed by atoms with Crippen LogP contribution in [-0.4, -0.2) is 42.5 Å². The van der Waals surface area contributed by atoms with E-state index in [0.29, 0.717) is 48.5 Å². The van der Waals surface area contributed by atoms with Gasteiger partial charge < -0.3 is 15.0 Å². The molecule has 1 saturated heterocycles. The summed E-state index contributed by atoms with van der Waals surface area (Å²) >= 11 is 0. The lowest BCUT2D eigenvalue weighted by Crippen LogP contribution is -2.40. The molecule has 1 N–H and O–H groups in total. The van der Waals surface area contributed by atoms with Gasteiger partial charge >= 0.3 is 0 Å². The molecule has 1 aliphatic carbocycles. The zero-order valence-electron chi connectivity index (χ0n) is 17.0. The molecule has 5 nitrogen and oxygen atoms in total. The van der Waals surface area contributed by atoms with E-state index < -0.39 is 0 Å². The van der Waals surface area contributed by atoms with Crippen molar-refractivity contribution in [3.63, 3.8) is 0 Å². The topological polar surface area (TPSA) is 58.6 Å². The molecule has 0 radical (unpaired) electrons. The molecule has 4 rings (SSSR count). The van der Waals surface area contributed by atoms with Crippen LogP contribution in [0.15, 0.2) is 48.5 Å². The number of rotatable bonds is 7. The predicted octanol–water partition coefficient (Wildman–Crippen LogP) is 3.58. The highest BCUT2D eigenvalue weighted by atomic mass is 19.1. The van der Waals surface area contributed by atoms with Crippen LogP contribution in [0.3, 0.4) is 0 Å². The maximum absolute atomic E-state index is 13.8. The van der Waals surface area contributed by atoms with Crippen molar-refractivity contribution in [2.45, 2.75) is 38.1 Å². The average Bonchev–Trinajstić information content (AvgIpc) is 3.58. The Bertz CT molecular complexity index is 905. The number of carbonyl (C=O) groups is 2. The van der Waals surface area contributed by atoms with E-state index in [1.54, 1.807) is 29.2 Å². The summed E-state index contributed by atoms with van der Waals surface area (Å²) in [5, 5.41) is 3.00. The molecule has 0 spiro atoms. The fourth-order valence-corrected chi connectivity index (χ4v) is 3.74. The van der Waals surface area contributed by atoms with Gasteiger partial charge in [-0.05, 0) is 55.4 Å². The van der Waals surface area contributed by atoms with Crippen LogP contribution in [0, 0.1) is 11.7 Å². The largest absolute Gasteiger partial charge is 0.492 e. The van der Waals surface area contributed by atoms with Crippen LogP contribution in [0.25, 0.3) is 0 Å². The van der Waals surface area contributed by atoms with Gasteiger partial charge in [-0.2, -0.15) is 0 Å². The van der Waals surface area contributed by atoms with Crippen LogP contribution in [0.1, 0.15) is 41.6 Å². The molecule has 2 aromatic rings. The van der Waals surface area contributed by atoms with Gasteiger partial charge in [0.05, 0.1) is 18.6 Å². The van der Waals surface area contributed by atoms with Crippen LogP contribution < -0.4 is 10.1 Å². The van der Waals surface area contributed by atoms with Gasteiger partial charge in [0, 0.05) is 19.1 Å². The van der Waals surface area contributed by atoms with E-state index in [1.165, 1.54) is 6.07 Å². The molecule has 0 atom stereocenters. The van der Waals surface area contributed by atoms with Crippen molar-refractivity contribution in [3.8, 4) is 5.75 Å². The van der Waals surface area contributed by atoms with Crippen molar-refractivity contribution in [3.05, 3.63) is 65.5 Å². The number of likely N-dealkylation sites (tertiary alicyclic amines) is 1. The van der Waals surface area contributed by atoms with E-state index in [1.807, 2.05) is 18.2 Å². The Hall–Kier alpha value is -2.89. The lowest BCUT2D eigenvalue weighted by Gasteiger charge is -2.32. The second-order valence-electron chi connectivity index (χ2n) is 8.15. The lowest BCUT2D eigenvalue weighted by molar-refractivity contribution is -0.132. The molecule has 6 heteroatoms. The number of amides is 2. The van der Waals surface area contributed by atoms with Crippen molar-refractivity contribution in [1.82, 2.24) is 10.2 Å². The van der Waals surface area contributed by atoms with Gasteiger partial charge in [0.15, 0.2) is 0 Å². The first-order valence-corrected chi connectivity index (χ1v) is 10.6. The van der Waals surface area contributed by atoms with Crippen LogP contribution in [0.2, 0.25) is 0 Å². The van der Waals surface area contributed by atoms with Crippen LogP contribution >= 0.6 is 0 Å². The first-order chi connectivity index (χ1) is 14.6. The SMILES string of the molecule is O=C(NC1CC1)c1ccccc1OCC1CCN(C(=O)Cc2ccccc2F)CC1. The Kier molecular flexibility index (Phi) is 6.31. The van der Waals surface area contributed by atoms with Gasteiger partial charge in [0.2, 0.25) is 5.91 Å². The van der Waals surface area contributed by atoms with Gasteiger partial charge in [-0.1, -0.05) is 30.3 Å². The molecule has 0 aromatic heterocycles. The zero-order valence-corrected chi connectivity index (χ0v) is 17.0. The maximum atomic E-state index is 13.8. The second-order valence-corrected chi connectivity index (χ2v) is 8.15. The van der Waals surface area contributed by atoms with E-state index in [-0.39, 0.29) is 24.1 Å². The standard InChI is InChI=1S/C24H27FN2O3/c25-21-7-3-1-5-18(21)15-23(28)27-13-11-17(12-14-27)16-30-22-8-4-2-6-20(22)24(29)26-19-9-10-19/h1-8,17,19H,9-16H2,(H,26,29). The summed E-state index contributed by atoms with van der Waals surface area (Å²) in [5.74, 6) is 0.470. The first-order valence-electron chi connectivity index (χ1n) is 10.6. The molecular weight excluding hydrogens is 383 g/mol. The summed E-state index contributed by atoms with van der Waals surface area (Å²) in [6.45, 7) is 1.80. The molecule has 2 aliphatic rings.